The van der Waals surface area contributed by atoms with Crippen molar-refractivity contribution in [2.45, 2.75) is 142 Å². The highest BCUT2D eigenvalue weighted by molar-refractivity contribution is 6.81. The Hall–Kier alpha value is -0.413. The zero-order chi connectivity index (χ0) is 26.0. The second-order valence-electron chi connectivity index (χ2n) is 15.5. The second kappa shape index (κ2) is 9.40. The van der Waals surface area contributed by atoms with Gasteiger partial charge >= 0.3 is 0 Å². The standard InChI is InChI=1S/C32H56O2Si/c1-21(11-10-12-22(2)33)26-15-16-27-25-14-13-23-19-24(34)20-29(35(8,9)30(3,4)5)32(23,7)28(25)17-18-31(26,27)6/h13,21,24-29,34H,10-12,14-20H2,1-9H3/t21-,24-,25+,26-,27+,28+,29?,31-,32+/m1/s1. The van der Waals surface area contributed by atoms with Gasteiger partial charge in [-0.05, 0) is 109 Å². The van der Waals surface area contributed by atoms with Crippen LogP contribution < -0.4 is 0 Å². The lowest BCUT2D eigenvalue weighted by Gasteiger charge is -2.64. The number of allylic oxidation sites excluding steroid dienone is 1. The van der Waals surface area contributed by atoms with Gasteiger partial charge in [0.25, 0.3) is 0 Å². The molecule has 3 heteroatoms. The monoisotopic (exact) mass is 500 g/mol. The van der Waals surface area contributed by atoms with Crippen LogP contribution in [-0.2, 0) is 4.79 Å². The van der Waals surface area contributed by atoms with Crippen molar-refractivity contribution in [2.75, 3.05) is 0 Å². The largest absolute Gasteiger partial charge is 0.393 e. The fourth-order valence-electron chi connectivity index (χ4n) is 10.2. The number of ketones is 1. The van der Waals surface area contributed by atoms with Gasteiger partial charge < -0.3 is 9.90 Å². The van der Waals surface area contributed by atoms with Crippen LogP contribution in [0.25, 0.3) is 0 Å². The van der Waals surface area contributed by atoms with E-state index >= 15 is 0 Å². The summed E-state index contributed by atoms with van der Waals surface area (Å²) >= 11 is 0. The predicted molar refractivity (Wildman–Crippen MR) is 151 cm³/mol. The van der Waals surface area contributed by atoms with Crippen LogP contribution in [0.3, 0.4) is 0 Å². The highest BCUT2D eigenvalue weighted by Crippen LogP contribution is 2.71. The van der Waals surface area contributed by atoms with E-state index in [1.165, 1.54) is 38.5 Å². The number of aliphatic hydroxyl groups excluding tert-OH is 1. The number of rotatable bonds is 6. The summed E-state index contributed by atoms with van der Waals surface area (Å²) in [6, 6.07) is 0. The fourth-order valence-corrected chi connectivity index (χ4v) is 14.0. The minimum absolute atomic E-state index is 0.148. The number of carbonyl (C=O) groups is 1. The Morgan fingerprint density at radius 2 is 1.86 bits per heavy atom. The number of carbonyl (C=O) groups excluding carboxylic acids is 1. The zero-order valence-corrected chi connectivity index (χ0v) is 25.5. The first kappa shape index (κ1) is 27.6. The van der Waals surface area contributed by atoms with Crippen molar-refractivity contribution < 1.29 is 9.90 Å². The van der Waals surface area contributed by atoms with Crippen LogP contribution >= 0.6 is 0 Å². The Bertz CT molecular complexity index is 837. The molecule has 0 heterocycles. The lowest BCUT2D eigenvalue weighted by Crippen LogP contribution is -2.58. The minimum Gasteiger partial charge on any atom is -0.393 e. The van der Waals surface area contributed by atoms with Crippen molar-refractivity contribution >= 4 is 13.9 Å². The maximum Gasteiger partial charge on any atom is 0.129 e. The van der Waals surface area contributed by atoms with Crippen molar-refractivity contribution in [3.63, 3.8) is 0 Å². The fraction of sp³-hybridized carbons (Fsp3) is 0.906. The molecule has 0 amide bonds. The molecule has 0 aromatic carbocycles. The van der Waals surface area contributed by atoms with Crippen molar-refractivity contribution in [2.24, 2.45) is 40.4 Å². The summed E-state index contributed by atoms with van der Waals surface area (Å²) in [6.45, 7) is 22.2. The quantitative estimate of drug-likeness (QED) is 0.292. The molecule has 3 saturated carbocycles. The first-order chi connectivity index (χ1) is 16.1. The first-order valence-electron chi connectivity index (χ1n) is 15.0. The van der Waals surface area contributed by atoms with Crippen LogP contribution in [0.4, 0.5) is 0 Å². The third-order valence-electron chi connectivity index (χ3n) is 13.0. The SMILES string of the molecule is CC(=O)CCC[C@@H](C)[C@H]1CC[C@H]2[C@@H]3CC=C4C[C@@H](O)CC([Si](C)(C)C(C)(C)C)[C@]4(C)[C@H]3CC[C@]12C. The van der Waals surface area contributed by atoms with Gasteiger partial charge in [0.2, 0.25) is 0 Å². The van der Waals surface area contributed by atoms with Crippen molar-refractivity contribution in [1.29, 1.82) is 0 Å². The van der Waals surface area contributed by atoms with Gasteiger partial charge in [0, 0.05) is 6.42 Å². The van der Waals surface area contributed by atoms with Crippen LogP contribution in [0.5, 0.6) is 0 Å². The lowest BCUT2D eigenvalue weighted by molar-refractivity contribution is -0.117. The third-order valence-corrected chi connectivity index (χ3v) is 19.4. The summed E-state index contributed by atoms with van der Waals surface area (Å²) in [4.78, 5) is 11.5. The molecule has 0 aromatic heterocycles. The Morgan fingerprint density at radius 3 is 2.49 bits per heavy atom. The molecule has 0 bridgehead atoms. The molecule has 4 aliphatic rings. The van der Waals surface area contributed by atoms with Gasteiger partial charge in [0.15, 0.2) is 0 Å². The molecule has 0 aliphatic heterocycles. The average Bonchev–Trinajstić information content (AvgIpc) is 3.10. The van der Waals surface area contributed by atoms with E-state index in [9.17, 15) is 9.90 Å². The Labute approximate surface area is 218 Å². The molecule has 200 valence electrons. The molecule has 0 aromatic rings. The summed E-state index contributed by atoms with van der Waals surface area (Å²) in [5.74, 6) is 4.36. The molecule has 3 fully saturated rings. The van der Waals surface area contributed by atoms with E-state index in [0.29, 0.717) is 21.8 Å². The zero-order valence-electron chi connectivity index (χ0n) is 24.5. The number of hydrogen-bond acceptors (Lipinski definition) is 2. The van der Waals surface area contributed by atoms with E-state index in [2.05, 4.69) is 60.7 Å². The Kier molecular flexibility index (Phi) is 7.42. The summed E-state index contributed by atoms with van der Waals surface area (Å²) < 4.78 is 0. The van der Waals surface area contributed by atoms with E-state index < -0.39 is 8.07 Å². The van der Waals surface area contributed by atoms with Gasteiger partial charge in [-0.1, -0.05) is 72.7 Å². The van der Waals surface area contributed by atoms with E-state index in [1.54, 1.807) is 12.5 Å². The number of hydrogen-bond donors (Lipinski definition) is 1. The van der Waals surface area contributed by atoms with E-state index in [-0.39, 0.29) is 11.5 Å². The van der Waals surface area contributed by atoms with Crippen molar-refractivity contribution in [3.05, 3.63) is 11.6 Å². The summed E-state index contributed by atoms with van der Waals surface area (Å²) in [6.07, 6.45) is 14.3. The van der Waals surface area contributed by atoms with Crippen molar-refractivity contribution in [3.8, 4) is 0 Å². The van der Waals surface area contributed by atoms with Gasteiger partial charge in [-0.25, -0.2) is 0 Å². The minimum atomic E-state index is -1.64. The van der Waals surface area contributed by atoms with E-state index in [4.69, 9.17) is 0 Å². The normalized spacial score (nSPS) is 42.5. The molecule has 0 radical (unpaired) electrons. The van der Waals surface area contributed by atoms with Crippen LogP contribution in [-0.4, -0.2) is 25.1 Å². The van der Waals surface area contributed by atoms with E-state index in [1.807, 2.05) is 0 Å². The number of fused-ring (bicyclic) bond motifs is 5. The molecular weight excluding hydrogens is 444 g/mol. The smallest absolute Gasteiger partial charge is 0.129 e. The Balaban J connectivity index is 1.62. The maximum atomic E-state index is 11.5. The molecule has 0 spiro atoms. The van der Waals surface area contributed by atoms with Crippen LogP contribution in [0, 0.1) is 40.4 Å². The highest BCUT2D eigenvalue weighted by atomic mass is 28.3. The number of aliphatic hydroxyl groups is 1. The second-order valence-corrected chi connectivity index (χ2v) is 21.2. The third kappa shape index (κ3) is 4.47. The summed E-state index contributed by atoms with van der Waals surface area (Å²) in [5.41, 5.74) is 3.03. The molecule has 4 aliphatic carbocycles. The molecule has 1 unspecified atom stereocenters. The average molecular weight is 501 g/mol. The predicted octanol–water partition coefficient (Wildman–Crippen LogP) is 8.81. The summed E-state index contributed by atoms with van der Waals surface area (Å²) in [5, 5.41) is 11.4. The molecule has 2 nitrogen and oxygen atoms in total. The van der Waals surface area contributed by atoms with Gasteiger partial charge in [0.1, 0.15) is 5.78 Å². The number of Topliss-reactive ketones (excluding diaryl/α,β-unsaturated/α-hetero) is 1. The molecule has 4 rings (SSSR count). The van der Waals surface area contributed by atoms with Crippen LogP contribution in [0.15, 0.2) is 11.6 Å². The molecule has 0 saturated heterocycles. The van der Waals surface area contributed by atoms with Gasteiger partial charge in [-0.2, -0.15) is 0 Å². The van der Waals surface area contributed by atoms with Crippen molar-refractivity contribution in [1.82, 2.24) is 0 Å². The topological polar surface area (TPSA) is 37.3 Å². The highest BCUT2D eigenvalue weighted by Gasteiger charge is 2.63. The van der Waals surface area contributed by atoms with Crippen LogP contribution in [0.2, 0.25) is 23.7 Å². The lowest BCUT2D eigenvalue weighted by atomic mass is 9.46. The molecule has 1 N–H and O–H groups in total. The van der Waals surface area contributed by atoms with Gasteiger partial charge in [-0.15, -0.1) is 0 Å². The maximum absolute atomic E-state index is 11.5. The molecule has 35 heavy (non-hydrogen) atoms. The van der Waals surface area contributed by atoms with Crippen LogP contribution in [0.1, 0.15) is 113 Å². The first-order valence-corrected chi connectivity index (χ1v) is 18.1. The van der Waals surface area contributed by atoms with E-state index in [0.717, 1.165) is 55.3 Å². The Morgan fingerprint density at radius 1 is 1.17 bits per heavy atom. The molecule has 9 atom stereocenters. The van der Waals surface area contributed by atoms with Gasteiger partial charge in [-0.3, -0.25) is 0 Å². The molecular formula is C32H56O2Si. The summed E-state index contributed by atoms with van der Waals surface area (Å²) in [7, 11) is -1.64. The van der Waals surface area contributed by atoms with Gasteiger partial charge in [0.05, 0.1) is 14.2 Å².